The van der Waals surface area contributed by atoms with Gasteiger partial charge < -0.3 is 15.4 Å². The van der Waals surface area contributed by atoms with E-state index in [1.165, 1.54) is 11.8 Å². The van der Waals surface area contributed by atoms with Crippen molar-refractivity contribution in [2.45, 2.75) is 24.3 Å². The van der Waals surface area contributed by atoms with Crippen molar-refractivity contribution in [1.29, 1.82) is 0 Å². The van der Waals surface area contributed by atoms with Crippen LogP contribution < -0.4 is 20.7 Å². The molecule has 0 bridgehead atoms. The minimum Gasteiger partial charge on any atom is -0.492 e. The third kappa shape index (κ3) is 5.29. The van der Waals surface area contributed by atoms with Gasteiger partial charge in [0.25, 0.3) is 11.8 Å². The van der Waals surface area contributed by atoms with Crippen molar-refractivity contribution in [3.05, 3.63) is 59.7 Å². The lowest BCUT2D eigenvalue weighted by atomic mass is 10.1. The number of ether oxygens (including phenoxy) is 1. The van der Waals surface area contributed by atoms with E-state index in [0.717, 1.165) is 16.2 Å². The molecule has 1 aliphatic rings. The van der Waals surface area contributed by atoms with Crippen LogP contribution in [0.25, 0.3) is 0 Å². The van der Waals surface area contributed by atoms with Crippen molar-refractivity contribution in [2.75, 3.05) is 18.9 Å². The minimum absolute atomic E-state index is 0.217. The van der Waals surface area contributed by atoms with Gasteiger partial charge in [0.05, 0.1) is 12.1 Å². The number of amides is 4. The van der Waals surface area contributed by atoms with Gasteiger partial charge >= 0.3 is 6.03 Å². The molecular formula is C21H23N3O4S. The van der Waals surface area contributed by atoms with Crippen LogP contribution in [-0.4, -0.2) is 42.3 Å². The van der Waals surface area contributed by atoms with Gasteiger partial charge in [-0.05, 0) is 43.7 Å². The number of hydrogen-bond acceptors (Lipinski definition) is 5. The standard InChI is InChI=1S/C21H23N3O4S/c1-14-6-5-7-15(12-14)28-11-10-22-18(25)16-8-3-4-9-17(16)29-13-21(2)19(26)23-20(27)24-21/h3-9,12H,10-11,13H2,1-2H3,(H,22,25)(H2,23,24,26,27)/t21-/m1/s1. The Kier molecular flexibility index (Phi) is 6.43. The molecular weight excluding hydrogens is 390 g/mol. The molecule has 8 heteroatoms. The molecule has 152 valence electrons. The highest BCUT2D eigenvalue weighted by Gasteiger charge is 2.41. The van der Waals surface area contributed by atoms with Crippen LogP contribution in [0.2, 0.25) is 0 Å². The zero-order chi connectivity index (χ0) is 20.9. The van der Waals surface area contributed by atoms with Gasteiger partial charge in [0, 0.05) is 10.6 Å². The summed E-state index contributed by atoms with van der Waals surface area (Å²) in [6, 6.07) is 14.4. The first-order chi connectivity index (χ1) is 13.9. The Bertz CT molecular complexity index is 934. The Morgan fingerprint density at radius 2 is 1.97 bits per heavy atom. The average Bonchev–Trinajstić information content (AvgIpc) is 2.95. The summed E-state index contributed by atoms with van der Waals surface area (Å²) in [6.07, 6.45) is 0. The highest BCUT2D eigenvalue weighted by Crippen LogP contribution is 2.27. The molecule has 0 spiro atoms. The number of benzene rings is 2. The van der Waals surface area contributed by atoms with E-state index in [9.17, 15) is 14.4 Å². The molecule has 1 atom stereocenters. The van der Waals surface area contributed by atoms with Crippen LogP contribution in [0.4, 0.5) is 4.79 Å². The third-order valence-corrected chi connectivity index (χ3v) is 5.80. The smallest absolute Gasteiger partial charge is 0.322 e. The molecule has 1 saturated heterocycles. The van der Waals surface area contributed by atoms with E-state index in [2.05, 4.69) is 16.0 Å². The lowest BCUT2D eigenvalue weighted by Crippen LogP contribution is -2.46. The number of thioether (sulfide) groups is 1. The lowest BCUT2D eigenvalue weighted by molar-refractivity contribution is -0.122. The second-order valence-electron chi connectivity index (χ2n) is 6.95. The van der Waals surface area contributed by atoms with Gasteiger partial charge in [0.2, 0.25) is 0 Å². The summed E-state index contributed by atoms with van der Waals surface area (Å²) >= 11 is 1.35. The first-order valence-corrected chi connectivity index (χ1v) is 10.2. The normalized spacial score (nSPS) is 18.1. The third-order valence-electron chi connectivity index (χ3n) is 4.41. The molecule has 29 heavy (non-hydrogen) atoms. The van der Waals surface area contributed by atoms with E-state index in [0.29, 0.717) is 24.5 Å². The van der Waals surface area contributed by atoms with Gasteiger partial charge in [0.15, 0.2) is 0 Å². The number of aryl methyl sites for hydroxylation is 1. The Morgan fingerprint density at radius 1 is 1.17 bits per heavy atom. The second-order valence-corrected chi connectivity index (χ2v) is 7.96. The zero-order valence-corrected chi connectivity index (χ0v) is 17.1. The first-order valence-electron chi connectivity index (χ1n) is 9.20. The summed E-state index contributed by atoms with van der Waals surface area (Å²) in [5.74, 6) is 0.488. The Labute approximate surface area is 173 Å². The summed E-state index contributed by atoms with van der Waals surface area (Å²) in [7, 11) is 0. The second kappa shape index (κ2) is 9.00. The molecule has 0 saturated carbocycles. The summed E-state index contributed by atoms with van der Waals surface area (Å²) in [5, 5.41) is 7.71. The van der Waals surface area contributed by atoms with Gasteiger partial charge in [-0.3, -0.25) is 14.9 Å². The van der Waals surface area contributed by atoms with Crippen LogP contribution in [0.5, 0.6) is 5.75 Å². The number of hydrogen-bond donors (Lipinski definition) is 3. The monoisotopic (exact) mass is 413 g/mol. The van der Waals surface area contributed by atoms with Crippen LogP contribution in [0, 0.1) is 6.92 Å². The van der Waals surface area contributed by atoms with Crippen molar-refractivity contribution in [3.8, 4) is 5.75 Å². The Morgan fingerprint density at radius 3 is 2.69 bits per heavy atom. The van der Waals surface area contributed by atoms with Crippen LogP contribution in [0.15, 0.2) is 53.4 Å². The van der Waals surface area contributed by atoms with Gasteiger partial charge in [-0.1, -0.05) is 24.3 Å². The van der Waals surface area contributed by atoms with Crippen LogP contribution >= 0.6 is 11.8 Å². The SMILES string of the molecule is Cc1cccc(OCCNC(=O)c2ccccc2SC[C@@]2(C)NC(=O)NC2=O)c1. The van der Waals surface area contributed by atoms with E-state index in [1.807, 2.05) is 43.3 Å². The number of carbonyl (C=O) groups excluding carboxylic acids is 3. The highest BCUT2D eigenvalue weighted by atomic mass is 32.2. The Balaban J connectivity index is 1.54. The maximum atomic E-state index is 12.6. The van der Waals surface area contributed by atoms with Gasteiger partial charge in [-0.25, -0.2) is 4.79 Å². The summed E-state index contributed by atoms with van der Waals surface area (Å²) in [4.78, 5) is 36.7. The van der Waals surface area contributed by atoms with E-state index >= 15 is 0 Å². The largest absolute Gasteiger partial charge is 0.492 e. The molecule has 1 fully saturated rings. The van der Waals surface area contributed by atoms with E-state index in [4.69, 9.17) is 4.74 Å². The quantitative estimate of drug-likeness (QED) is 0.351. The molecule has 3 rings (SSSR count). The summed E-state index contributed by atoms with van der Waals surface area (Å²) < 4.78 is 5.65. The zero-order valence-electron chi connectivity index (χ0n) is 16.3. The fraction of sp³-hybridized carbons (Fsp3) is 0.286. The molecule has 1 heterocycles. The van der Waals surface area contributed by atoms with E-state index in [-0.39, 0.29) is 11.8 Å². The first kappa shape index (κ1) is 20.7. The molecule has 0 aromatic heterocycles. The maximum absolute atomic E-state index is 12.6. The molecule has 2 aromatic rings. The summed E-state index contributed by atoms with van der Waals surface area (Å²) in [5.41, 5.74) is 0.618. The van der Waals surface area contributed by atoms with E-state index < -0.39 is 11.6 Å². The maximum Gasteiger partial charge on any atom is 0.322 e. The molecule has 1 aliphatic heterocycles. The van der Waals surface area contributed by atoms with Crippen molar-refractivity contribution >= 4 is 29.6 Å². The minimum atomic E-state index is -1.01. The number of rotatable bonds is 8. The number of nitrogens with one attached hydrogen (secondary N) is 3. The van der Waals surface area contributed by atoms with Crippen LogP contribution in [-0.2, 0) is 4.79 Å². The fourth-order valence-electron chi connectivity index (χ4n) is 2.82. The Hall–Kier alpha value is -3.00. The number of imide groups is 1. The van der Waals surface area contributed by atoms with Crippen molar-refractivity contribution < 1.29 is 19.1 Å². The van der Waals surface area contributed by atoms with Crippen LogP contribution in [0.1, 0.15) is 22.8 Å². The molecule has 4 amide bonds. The van der Waals surface area contributed by atoms with Crippen LogP contribution in [0.3, 0.4) is 0 Å². The highest BCUT2D eigenvalue weighted by molar-refractivity contribution is 7.99. The predicted molar refractivity (Wildman–Crippen MR) is 111 cm³/mol. The topological polar surface area (TPSA) is 96.5 Å². The summed E-state index contributed by atoms with van der Waals surface area (Å²) in [6.45, 7) is 4.37. The average molecular weight is 413 g/mol. The van der Waals surface area contributed by atoms with Crippen molar-refractivity contribution in [1.82, 2.24) is 16.0 Å². The molecule has 7 nitrogen and oxygen atoms in total. The number of urea groups is 1. The molecule has 0 radical (unpaired) electrons. The van der Waals surface area contributed by atoms with Gasteiger partial charge in [-0.2, -0.15) is 0 Å². The van der Waals surface area contributed by atoms with Gasteiger partial charge in [0.1, 0.15) is 17.9 Å². The van der Waals surface area contributed by atoms with Crippen molar-refractivity contribution in [3.63, 3.8) is 0 Å². The number of carbonyl (C=O) groups is 3. The molecule has 3 N–H and O–H groups in total. The fourth-order valence-corrected chi connectivity index (χ4v) is 3.96. The molecule has 0 unspecified atom stereocenters. The lowest BCUT2D eigenvalue weighted by Gasteiger charge is -2.20. The predicted octanol–water partition coefficient (Wildman–Crippen LogP) is 2.49. The van der Waals surface area contributed by atoms with E-state index in [1.54, 1.807) is 19.1 Å². The molecule has 0 aliphatic carbocycles. The molecule has 2 aromatic carbocycles. The van der Waals surface area contributed by atoms with Crippen molar-refractivity contribution in [2.24, 2.45) is 0 Å². The van der Waals surface area contributed by atoms with Gasteiger partial charge in [-0.15, -0.1) is 11.8 Å².